The van der Waals surface area contributed by atoms with Crippen LogP contribution < -0.4 is 4.90 Å². The molecule has 3 aromatic carbocycles. The van der Waals surface area contributed by atoms with E-state index in [9.17, 15) is 4.79 Å². The van der Waals surface area contributed by atoms with Gasteiger partial charge in [0.25, 0.3) is 0 Å². The molecule has 1 unspecified atom stereocenters. The van der Waals surface area contributed by atoms with Crippen LogP contribution in [0.25, 0.3) is 10.2 Å². The Morgan fingerprint density at radius 1 is 0.906 bits per heavy atom. The molecule has 1 spiro atoms. The van der Waals surface area contributed by atoms with Crippen molar-refractivity contribution in [2.24, 2.45) is 0 Å². The van der Waals surface area contributed by atoms with Crippen LogP contribution in [0.5, 0.6) is 0 Å². The summed E-state index contributed by atoms with van der Waals surface area (Å²) in [5.41, 5.74) is 4.49. The maximum absolute atomic E-state index is 13.5. The Hall–Kier alpha value is -2.98. The maximum Gasteiger partial charge on any atom is 0.191 e. The van der Waals surface area contributed by atoms with Gasteiger partial charge in [-0.3, -0.25) is 4.79 Å². The smallest absolute Gasteiger partial charge is 0.191 e. The quantitative estimate of drug-likeness (QED) is 0.314. The molecule has 0 bridgehead atoms. The SMILES string of the molecule is O=C(CC1N(c2nc3ccccc3s2)c2ccccc2C12CCCCC2)c1ccccc1. The fraction of sp³-hybridized carbons (Fsp3) is 0.286. The van der Waals surface area contributed by atoms with Crippen molar-refractivity contribution in [3.8, 4) is 0 Å². The van der Waals surface area contributed by atoms with E-state index in [-0.39, 0.29) is 17.2 Å². The second kappa shape index (κ2) is 7.86. The maximum atomic E-state index is 13.5. The highest BCUT2D eigenvalue weighted by Crippen LogP contribution is 2.57. The van der Waals surface area contributed by atoms with Gasteiger partial charge in [0.1, 0.15) is 0 Å². The zero-order valence-corrected chi connectivity index (χ0v) is 18.9. The van der Waals surface area contributed by atoms with Crippen molar-refractivity contribution in [2.45, 2.75) is 50.0 Å². The van der Waals surface area contributed by atoms with Crippen LogP contribution in [-0.4, -0.2) is 16.8 Å². The molecular weight excluding hydrogens is 412 g/mol. The van der Waals surface area contributed by atoms with Gasteiger partial charge in [-0.15, -0.1) is 0 Å². The van der Waals surface area contributed by atoms with Gasteiger partial charge in [0, 0.05) is 23.1 Å². The van der Waals surface area contributed by atoms with Gasteiger partial charge in [0.2, 0.25) is 0 Å². The number of benzene rings is 3. The number of carbonyl (C=O) groups is 1. The summed E-state index contributed by atoms with van der Waals surface area (Å²) in [5.74, 6) is 0.222. The summed E-state index contributed by atoms with van der Waals surface area (Å²) in [6.45, 7) is 0. The second-order valence-electron chi connectivity index (χ2n) is 9.08. The lowest BCUT2D eigenvalue weighted by molar-refractivity contribution is 0.0953. The molecule has 0 saturated heterocycles. The van der Waals surface area contributed by atoms with E-state index in [4.69, 9.17) is 4.98 Å². The molecule has 1 aliphatic heterocycles. The van der Waals surface area contributed by atoms with Crippen molar-refractivity contribution >= 4 is 38.2 Å². The number of hydrogen-bond donors (Lipinski definition) is 0. The van der Waals surface area contributed by atoms with E-state index < -0.39 is 0 Å². The number of hydrogen-bond acceptors (Lipinski definition) is 4. The summed E-state index contributed by atoms with van der Waals surface area (Å²) in [6, 6.07) is 27.0. The average Bonchev–Trinajstić information content (AvgIpc) is 3.38. The molecule has 3 nitrogen and oxygen atoms in total. The number of fused-ring (bicyclic) bond motifs is 3. The molecule has 2 aliphatic rings. The molecular formula is C28H26N2OS. The van der Waals surface area contributed by atoms with Gasteiger partial charge in [-0.25, -0.2) is 4.98 Å². The lowest BCUT2D eigenvalue weighted by Gasteiger charge is -2.41. The van der Waals surface area contributed by atoms with Gasteiger partial charge in [-0.2, -0.15) is 0 Å². The molecule has 160 valence electrons. The molecule has 0 radical (unpaired) electrons. The third kappa shape index (κ3) is 3.08. The molecule has 1 fully saturated rings. The third-order valence-corrected chi connectivity index (χ3v) is 8.39. The number of para-hydroxylation sites is 2. The van der Waals surface area contributed by atoms with E-state index in [0.717, 1.165) is 29.1 Å². The number of nitrogens with zero attached hydrogens (tertiary/aromatic N) is 2. The summed E-state index contributed by atoms with van der Waals surface area (Å²) in [6.07, 6.45) is 6.51. The van der Waals surface area contributed by atoms with Gasteiger partial charge in [-0.1, -0.05) is 91.3 Å². The largest absolute Gasteiger partial charge is 0.313 e. The van der Waals surface area contributed by atoms with Crippen molar-refractivity contribution in [2.75, 3.05) is 4.90 Å². The summed E-state index contributed by atoms with van der Waals surface area (Å²) < 4.78 is 1.19. The number of anilines is 2. The number of ketones is 1. The molecule has 0 N–H and O–H groups in total. The first-order chi connectivity index (χ1) is 15.8. The standard InChI is InChI=1S/C28H26N2OS/c31-24(20-11-3-1-4-12-20)19-26-28(17-9-2-10-18-28)21-13-5-7-15-23(21)30(26)27-29-22-14-6-8-16-25(22)32-27/h1,3-8,11-16,26H,2,9-10,17-19H2. The zero-order chi connectivity index (χ0) is 21.5. The normalized spacial score (nSPS) is 19.4. The predicted octanol–water partition coefficient (Wildman–Crippen LogP) is 7.29. The molecule has 4 aromatic rings. The van der Waals surface area contributed by atoms with Crippen molar-refractivity contribution in [1.29, 1.82) is 0 Å². The third-order valence-electron chi connectivity index (χ3n) is 7.36. The highest BCUT2D eigenvalue weighted by atomic mass is 32.1. The lowest BCUT2D eigenvalue weighted by atomic mass is 9.65. The van der Waals surface area contributed by atoms with Crippen LogP contribution in [0.1, 0.15) is 54.4 Å². The number of rotatable bonds is 4. The summed E-state index contributed by atoms with van der Waals surface area (Å²) in [7, 11) is 0. The molecule has 6 rings (SSSR count). The Labute approximate surface area is 192 Å². The van der Waals surface area contributed by atoms with E-state index in [0.29, 0.717) is 6.42 Å². The Morgan fingerprint density at radius 3 is 2.44 bits per heavy atom. The highest BCUT2D eigenvalue weighted by molar-refractivity contribution is 7.22. The van der Waals surface area contributed by atoms with E-state index >= 15 is 0 Å². The van der Waals surface area contributed by atoms with Gasteiger partial charge < -0.3 is 4.90 Å². The monoisotopic (exact) mass is 438 g/mol. The average molecular weight is 439 g/mol. The van der Waals surface area contributed by atoms with E-state index in [1.54, 1.807) is 11.3 Å². The zero-order valence-electron chi connectivity index (χ0n) is 18.0. The lowest BCUT2D eigenvalue weighted by Crippen LogP contribution is -2.45. The van der Waals surface area contributed by atoms with Crippen molar-refractivity contribution < 1.29 is 4.79 Å². The first-order valence-electron chi connectivity index (χ1n) is 11.6. The van der Waals surface area contributed by atoms with Crippen molar-refractivity contribution in [1.82, 2.24) is 4.98 Å². The Bertz CT molecular complexity index is 1240. The topological polar surface area (TPSA) is 33.2 Å². The van der Waals surface area contributed by atoms with Crippen molar-refractivity contribution in [3.05, 3.63) is 90.0 Å². The number of aromatic nitrogens is 1. The van der Waals surface area contributed by atoms with Crippen LogP contribution in [0.2, 0.25) is 0 Å². The molecule has 1 atom stereocenters. The van der Waals surface area contributed by atoms with Gasteiger partial charge in [0.05, 0.1) is 16.3 Å². The minimum absolute atomic E-state index is 0.0110. The second-order valence-corrected chi connectivity index (χ2v) is 10.1. The minimum Gasteiger partial charge on any atom is -0.313 e. The first-order valence-corrected chi connectivity index (χ1v) is 12.4. The van der Waals surface area contributed by atoms with Gasteiger partial charge in [0.15, 0.2) is 10.9 Å². The number of carbonyl (C=O) groups excluding carboxylic acids is 1. The van der Waals surface area contributed by atoms with Crippen molar-refractivity contribution in [3.63, 3.8) is 0 Å². The molecule has 1 aromatic heterocycles. The molecule has 32 heavy (non-hydrogen) atoms. The van der Waals surface area contributed by atoms with E-state index in [2.05, 4.69) is 47.4 Å². The molecule has 1 aliphatic carbocycles. The molecule has 4 heteroatoms. The Balaban J connectivity index is 1.50. The van der Waals surface area contributed by atoms with E-state index in [1.165, 1.54) is 35.2 Å². The van der Waals surface area contributed by atoms with E-state index in [1.807, 2.05) is 36.4 Å². The van der Waals surface area contributed by atoms with Crippen LogP contribution in [0.4, 0.5) is 10.8 Å². The fourth-order valence-electron chi connectivity index (χ4n) is 5.89. The van der Waals surface area contributed by atoms with Crippen LogP contribution >= 0.6 is 11.3 Å². The highest BCUT2D eigenvalue weighted by Gasteiger charge is 2.52. The Morgan fingerprint density at radius 2 is 1.62 bits per heavy atom. The fourth-order valence-corrected chi connectivity index (χ4v) is 6.92. The van der Waals surface area contributed by atoms with Gasteiger partial charge in [-0.05, 0) is 36.6 Å². The summed E-state index contributed by atoms with van der Waals surface area (Å²) in [4.78, 5) is 20.9. The van der Waals surface area contributed by atoms with Crippen LogP contribution in [0.15, 0.2) is 78.9 Å². The molecule has 0 amide bonds. The molecule has 1 saturated carbocycles. The number of Topliss-reactive ketones (excluding diaryl/α,β-unsaturated/α-hetero) is 1. The van der Waals surface area contributed by atoms with Crippen LogP contribution in [0, 0.1) is 0 Å². The van der Waals surface area contributed by atoms with Crippen LogP contribution in [-0.2, 0) is 5.41 Å². The summed E-state index contributed by atoms with van der Waals surface area (Å²) >= 11 is 1.74. The predicted molar refractivity (Wildman–Crippen MR) is 132 cm³/mol. The number of thiazole rings is 1. The van der Waals surface area contributed by atoms with Gasteiger partial charge >= 0.3 is 0 Å². The summed E-state index contributed by atoms with van der Waals surface area (Å²) in [5, 5.41) is 1.01. The molecule has 2 heterocycles. The first kappa shape index (κ1) is 19.7. The minimum atomic E-state index is 0.0110. The Kier molecular flexibility index (Phi) is 4.83. The van der Waals surface area contributed by atoms with Crippen LogP contribution in [0.3, 0.4) is 0 Å².